The number of methoxy groups -OCH3 is 4. The molecule has 3 aromatic rings. The van der Waals surface area contributed by atoms with Crippen LogP contribution >= 0.6 is 11.6 Å². The van der Waals surface area contributed by atoms with E-state index >= 15 is 0 Å². The maximum Gasteiger partial charge on any atom is 0.253 e. The number of para-hydroxylation sites is 2. The van der Waals surface area contributed by atoms with Gasteiger partial charge in [-0.15, -0.1) is 0 Å². The summed E-state index contributed by atoms with van der Waals surface area (Å²) in [6.07, 6.45) is 0. The summed E-state index contributed by atoms with van der Waals surface area (Å²) in [7, 11) is 6.35. The van der Waals surface area contributed by atoms with Crippen LogP contribution in [-0.2, 0) is 4.79 Å². The lowest BCUT2D eigenvalue weighted by Crippen LogP contribution is -2.51. The molecule has 0 N–H and O–H groups in total. The smallest absolute Gasteiger partial charge is 0.253 e. The van der Waals surface area contributed by atoms with E-state index in [1.165, 1.54) is 0 Å². The minimum atomic E-state index is -0.450. The molecule has 42 heavy (non-hydrogen) atoms. The van der Waals surface area contributed by atoms with E-state index in [2.05, 4.69) is 4.90 Å². The van der Waals surface area contributed by atoms with Crippen LogP contribution in [0.1, 0.15) is 21.8 Å². The highest BCUT2D eigenvalue weighted by Gasteiger charge is 2.43. The second-order valence-electron chi connectivity index (χ2n) is 10.4. The largest absolute Gasteiger partial charge is 0.495 e. The average Bonchev–Trinajstić information content (AvgIpc) is 3.49. The Kier molecular flexibility index (Phi) is 8.97. The Bertz CT molecular complexity index is 1420. The van der Waals surface area contributed by atoms with E-state index in [-0.39, 0.29) is 24.3 Å². The number of hydrogen-bond acceptors (Lipinski definition) is 7. The number of ether oxygens (including phenoxy) is 4. The number of benzene rings is 3. The molecule has 2 unspecified atom stereocenters. The van der Waals surface area contributed by atoms with Crippen molar-refractivity contribution in [2.75, 3.05) is 72.6 Å². The fourth-order valence-electron chi connectivity index (χ4n) is 5.97. The Morgan fingerprint density at radius 3 is 2.02 bits per heavy atom. The standard InChI is InChI=1S/C32H36ClN3O6/c1-39-27-11-6-5-10-26(27)34-12-14-35(15-13-34)32(38)25-20-36(31(37)21-8-7-9-23(33)16-21)19-24(25)22-17-28(40-2)30(42-4)29(18-22)41-3/h5-11,16-18,24-25H,12-15,19-20H2,1-4H3. The van der Waals surface area contributed by atoms with Crippen molar-refractivity contribution in [2.45, 2.75) is 5.92 Å². The van der Waals surface area contributed by atoms with Gasteiger partial charge in [-0.1, -0.05) is 29.8 Å². The number of carbonyl (C=O) groups excluding carboxylic acids is 2. The van der Waals surface area contributed by atoms with Crippen LogP contribution in [-0.4, -0.2) is 89.3 Å². The fourth-order valence-corrected chi connectivity index (χ4v) is 6.16. The zero-order chi connectivity index (χ0) is 29.8. The summed E-state index contributed by atoms with van der Waals surface area (Å²) in [6.45, 7) is 3.15. The van der Waals surface area contributed by atoms with Crippen LogP contribution in [0, 0.1) is 5.92 Å². The molecule has 3 aromatic carbocycles. The Balaban J connectivity index is 1.42. The molecule has 2 aliphatic rings. The first kappa shape index (κ1) is 29.4. The lowest BCUT2D eigenvalue weighted by atomic mass is 9.87. The third-order valence-corrected chi connectivity index (χ3v) is 8.36. The second kappa shape index (κ2) is 12.8. The lowest BCUT2D eigenvalue weighted by molar-refractivity contribution is -0.135. The van der Waals surface area contributed by atoms with Crippen LogP contribution in [0.2, 0.25) is 5.02 Å². The Morgan fingerprint density at radius 2 is 1.40 bits per heavy atom. The molecule has 0 bridgehead atoms. The van der Waals surface area contributed by atoms with E-state index in [0.717, 1.165) is 17.0 Å². The number of amides is 2. The number of piperazine rings is 1. The first-order chi connectivity index (χ1) is 20.4. The quantitative estimate of drug-likeness (QED) is 0.378. The summed E-state index contributed by atoms with van der Waals surface area (Å²) in [4.78, 5) is 33.7. The molecular formula is C32H36ClN3O6. The van der Waals surface area contributed by atoms with Crippen molar-refractivity contribution in [1.29, 1.82) is 0 Å². The van der Waals surface area contributed by atoms with Crippen LogP contribution in [0.25, 0.3) is 0 Å². The summed E-state index contributed by atoms with van der Waals surface area (Å²) >= 11 is 6.19. The number of likely N-dealkylation sites (tertiary alicyclic amines) is 1. The van der Waals surface area contributed by atoms with Crippen molar-refractivity contribution in [3.63, 3.8) is 0 Å². The molecule has 0 saturated carbocycles. The SMILES string of the molecule is COc1ccccc1N1CCN(C(=O)C2CN(C(=O)c3cccc(Cl)c3)CC2c2cc(OC)c(OC)c(OC)c2)CC1. The van der Waals surface area contributed by atoms with E-state index in [0.29, 0.717) is 60.6 Å². The van der Waals surface area contributed by atoms with Gasteiger partial charge >= 0.3 is 0 Å². The molecule has 2 amide bonds. The topological polar surface area (TPSA) is 80.8 Å². The fraction of sp³-hybridized carbons (Fsp3) is 0.375. The van der Waals surface area contributed by atoms with Gasteiger partial charge in [0.05, 0.1) is 40.0 Å². The van der Waals surface area contributed by atoms with Crippen molar-refractivity contribution in [2.24, 2.45) is 5.92 Å². The molecule has 10 heteroatoms. The first-order valence-electron chi connectivity index (χ1n) is 13.9. The molecule has 0 aliphatic carbocycles. The predicted molar refractivity (Wildman–Crippen MR) is 161 cm³/mol. The number of anilines is 1. The van der Waals surface area contributed by atoms with Gasteiger partial charge in [0.15, 0.2) is 11.5 Å². The molecule has 0 aromatic heterocycles. The summed E-state index contributed by atoms with van der Waals surface area (Å²) < 4.78 is 22.3. The van der Waals surface area contributed by atoms with Crippen molar-refractivity contribution in [1.82, 2.24) is 9.80 Å². The summed E-state index contributed by atoms with van der Waals surface area (Å²) in [5, 5.41) is 0.488. The van der Waals surface area contributed by atoms with Gasteiger partial charge in [0, 0.05) is 55.8 Å². The third-order valence-electron chi connectivity index (χ3n) is 8.13. The van der Waals surface area contributed by atoms with Crippen molar-refractivity contribution in [3.05, 3.63) is 76.8 Å². The summed E-state index contributed by atoms with van der Waals surface area (Å²) in [5.74, 6) is 1.43. The summed E-state index contributed by atoms with van der Waals surface area (Å²) in [6, 6.07) is 18.6. The van der Waals surface area contributed by atoms with Gasteiger partial charge in [0.1, 0.15) is 5.75 Å². The minimum Gasteiger partial charge on any atom is -0.495 e. The maximum absolute atomic E-state index is 14.2. The molecular weight excluding hydrogens is 558 g/mol. The van der Waals surface area contributed by atoms with Gasteiger partial charge in [-0.3, -0.25) is 9.59 Å². The Morgan fingerprint density at radius 1 is 0.738 bits per heavy atom. The first-order valence-corrected chi connectivity index (χ1v) is 14.3. The number of hydrogen-bond donors (Lipinski definition) is 0. The minimum absolute atomic E-state index is 0.0230. The number of rotatable bonds is 8. The van der Waals surface area contributed by atoms with Crippen molar-refractivity contribution >= 4 is 29.1 Å². The summed E-state index contributed by atoms with van der Waals surface area (Å²) in [5.41, 5.74) is 2.35. The van der Waals surface area contributed by atoms with E-state index in [9.17, 15) is 9.59 Å². The van der Waals surface area contributed by atoms with Crippen LogP contribution < -0.4 is 23.8 Å². The van der Waals surface area contributed by atoms with Gasteiger partial charge in [-0.05, 0) is 48.0 Å². The molecule has 2 heterocycles. The molecule has 0 spiro atoms. The van der Waals surface area contributed by atoms with Gasteiger partial charge in [0.25, 0.3) is 5.91 Å². The van der Waals surface area contributed by atoms with E-state index in [1.807, 2.05) is 41.3 Å². The van der Waals surface area contributed by atoms with Gasteiger partial charge in [-0.25, -0.2) is 0 Å². The lowest BCUT2D eigenvalue weighted by Gasteiger charge is -2.38. The van der Waals surface area contributed by atoms with E-state index in [1.54, 1.807) is 57.6 Å². The van der Waals surface area contributed by atoms with Gasteiger partial charge in [0.2, 0.25) is 11.7 Å². The zero-order valence-electron chi connectivity index (χ0n) is 24.3. The number of nitrogens with zero attached hydrogens (tertiary/aromatic N) is 3. The molecule has 0 radical (unpaired) electrons. The molecule has 2 saturated heterocycles. The molecule has 9 nitrogen and oxygen atoms in total. The van der Waals surface area contributed by atoms with Crippen LogP contribution in [0.5, 0.6) is 23.0 Å². The van der Waals surface area contributed by atoms with Crippen LogP contribution in [0.3, 0.4) is 0 Å². The van der Waals surface area contributed by atoms with Crippen LogP contribution in [0.4, 0.5) is 5.69 Å². The Labute approximate surface area is 251 Å². The van der Waals surface area contributed by atoms with Gasteiger partial charge in [-0.2, -0.15) is 0 Å². The molecule has 5 rings (SSSR count). The zero-order valence-corrected chi connectivity index (χ0v) is 25.1. The third kappa shape index (κ3) is 5.79. The van der Waals surface area contributed by atoms with E-state index < -0.39 is 5.92 Å². The normalized spacial score (nSPS) is 18.5. The predicted octanol–water partition coefficient (Wildman–Crippen LogP) is 4.58. The van der Waals surface area contributed by atoms with Crippen LogP contribution in [0.15, 0.2) is 60.7 Å². The molecule has 2 fully saturated rings. The van der Waals surface area contributed by atoms with Crippen molar-refractivity contribution in [3.8, 4) is 23.0 Å². The maximum atomic E-state index is 14.2. The highest BCUT2D eigenvalue weighted by molar-refractivity contribution is 6.31. The molecule has 222 valence electrons. The molecule has 2 aliphatic heterocycles. The number of carbonyl (C=O) groups is 2. The molecule has 2 atom stereocenters. The highest BCUT2D eigenvalue weighted by Crippen LogP contribution is 2.44. The van der Waals surface area contributed by atoms with Gasteiger partial charge < -0.3 is 33.6 Å². The number of halogens is 1. The highest BCUT2D eigenvalue weighted by atomic mass is 35.5. The van der Waals surface area contributed by atoms with Crippen molar-refractivity contribution < 1.29 is 28.5 Å². The van der Waals surface area contributed by atoms with E-state index in [4.69, 9.17) is 30.5 Å². The second-order valence-corrected chi connectivity index (χ2v) is 10.8. The monoisotopic (exact) mass is 593 g/mol. The average molecular weight is 594 g/mol. The Hall–Kier alpha value is -4.11.